The molecule has 1 atom stereocenters. The Morgan fingerprint density at radius 3 is 2.23 bits per heavy atom. The zero-order chi connectivity index (χ0) is 16.2. The van der Waals surface area contributed by atoms with Gasteiger partial charge >= 0.3 is 0 Å². The van der Waals surface area contributed by atoms with Crippen molar-refractivity contribution in [1.29, 1.82) is 0 Å². The summed E-state index contributed by atoms with van der Waals surface area (Å²) in [4.78, 5) is 2.14. The average Bonchev–Trinajstić information content (AvgIpc) is 2.45. The first-order valence-corrected chi connectivity index (χ1v) is 7.87. The third-order valence-electron chi connectivity index (χ3n) is 3.68. The highest BCUT2D eigenvalue weighted by atomic mass is 19.3. The van der Waals surface area contributed by atoms with Gasteiger partial charge in [0.25, 0.3) is 0 Å². The van der Waals surface area contributed by atoms with E-state index in [1.165, 1.54) is 0 Å². The van der Waals surface area contributed by atoms with Gasteiger partial charge in [-0.05, 0) is 38.5 Å². The van der Waals surface area contributed by atoms with Gasteiger partial charge in [-0.15, -0.1) is 0 Å². The van der Waals surface area contributed by atoms with Crippen LogP contribution < -0.4 is 10.1 Å². The Balaban J connectivity index is 2.12. The summed E-state index contributed by atoms with van der Waals surface area (Å²) in [6.45, 7) is 9.27. The van der Waals surface area contributed by atoms with E-state index in [0.717, 1.165) is 37.5 Å². The fourth-order valence-electron chi connectivity index (χ4n) is 2.77. The molecular formula is C17H26F2N2O. The van der Waals surface area contributed by atoms with Crippen molar-refractivity contribution < 1.29 is 13.5 Å². The van der Waals surface area contributed by atoms with Gasteiger partial charge in [-0.25, -0.2) is 8.78 Å². The van der Waals surface area contributed by atoms with Crippen molar-refractivity contribution in [3.05, 3.63) is 29.8 Å². The Kier molecular flexibility index (Phi) is 5.75. The van der Waals surface area contributed by atoms with Gasteiger partial charge in [0.05, 0.1) is 0 Å². The molecule has 0 radical (unpaired) electrons. The van der Waals surface area contributed by atoms with Gasteiger partial charge in [-0.3, -0.25) is 4.90 Å². The van der Waals surface area contributed by atoms with Crippen LogP contribution in [-0.4, -0.2) is 43.1 Å². The van der Waals surface area contributed by atoms with Crippen LogP contribution in [0.2, 0.25) is 0 Å². The molecule has 1 heterocycles. The lowest BCUT2D eigenvalue weighted by atomic mass is 10.0. The number of alkyl halides is 2. The third-order valence-corrected chi connectivity index (χ3v) is 3.68. The molecule has 0 aliphatic carbocycles. The summed E-state index contributed by atoms with van der Waals surface area (Å²) in [5.41, 5.74) is 0.672. The summed E-state index contributed by atoms with van der Waals surface area (Å²) < 4.78 is 31.7. The number of hydrogen-bond donors (Lipinski definition) is 1. The lowest BCUT2D eigenvalue weighted by Gasteiger charge is -2.35. The van der Waals surface area contributed by atoms with Crippen LogP contribution in [0.1, 0.15) is 38.8 Å². The second-order valence-electron chi connectivity index (χ2n) is 6.71. The molecule has 0 spiro atoms. The minimum Gasteiger partial charge on any atom is -0.488 e. The molecule has 1 fully saturated rings. The van der Waals surface area contributed by atoms with Crippen molar-refractivity contribution >= 4 is 0 Å². The zero-order valence-corrected chi connectivity index (χ0v) is 13.6. The molecule has 124 valence electrons. The summed E-state index contributed by atoms with van der Waals surface area (Å²) in [7, 11) is 0. The van der Waals surface area contributed by atoms with E-state index in [1.54, 1.807) is 0 Å². The van der Waals surface area contributed by atoms with Gasteiger partial charge in [0, 0.05) is 38.6 Å². The number of piperazine rings is 1. The molecule has 3 nitrogen and oxygen atoms in total. The average molecular weight is 312 g/mol. The van der Waals surface area contributed by atoms with Crippen molar-refractivity contribution in [2.45, 2.75) is 45.3 Å². The molecular weight excluding hydrogens is 286 g/mol. The number of hydrogen-bond acceptors (Lipinski definition) is 3. The van der Waals surface area contributed by atoms with Gasteiger partial charge < -0.3 is 10.1 Å². The van der Waals surface area contributed by atoms with Crippen molar-refractivity contribution in [3.8, 4) is 5.75 Å². The molecule has 0 amide bonds. The van der Waals surface area contributed by atoms with Gasteiger partial charge in [0.2, 0.25) is 6.43 Å². The number of nitrogens with zero attached hydrogens (tertiary/aromatic N) is 1. The van der Waals surface area contributed by atoms with Crippen molar-refractivity contribution in [1.82, 2.24) is 10.2 Å². The molecule has 0 saturated carbocycles. The first-order valence-electron chi connectivity index (χ1n) is 7.87. The maximum Gasteiger partial charge on any atom is 0.240 e. The molecule has 22 heavy (non-hydrogen) atoms. The number of nitrogens with one attached hydrogen (secondary N) is 1. The van der Waals surface area contributed by atoms with Gasteiger partial charge in [0.15, 0.2) is 0 Å². The Morgan fingerprint density at radius 2 is 1.73 bits per heavy atom. The molecule has 1 aromatic rings. The molecule has 2 rings (SSSR count). The Morgan fingerprint density at radius 1 is 1.14 bits per heavy atom. The van der Waals surface area contributed by atoms with Gasteiger partial charge in [-0.1, -0.05) is 12.1 Å². The van der Waals surface area contributed by atoms with E-state index in [1.807, 2.05) is 45.0 Å². The van der Waals surface area contributed by atoms with E-state index in [-0.39, 0.29) is 18.1 Å². The summed E-state index contributed by atoms with van der Waals surface area (Å²) in [5, 5.41) is 3.26. The van der Waals surface area contributed by atoms with E-state index >= 15 is 0 Å². The number of halogens is 2. The SMILES string of the molecule is CC(C)(C)Oc1ccc([C@@H](CC(F)F)N2CCNCC2)cc1. The van der Waals surface area contributed by atoms with Crippen LogP contribution in [0.15, 0.2) is 24.3 Å². The first kappa shape index (κ1) is 17.2. The highest BCUT2D eigenvalue weighted by Crippen LogP contribution is 2.29. The highest BCUT2D eigenvalue weighted by molar-refractivity contribution is 5.30. The van der Waals surface area contributed by atoms with Gasteiger partial charge in [0.1, 0.15) is 11.4 Å². The van der Waals surface area contributed by atoms with Crippen LogP contribution in [-0.2, 0) is 0 Å². The maximum atomic E-state index is 13.0. The van der Waals surface area contributed by atoms with Crippen molar-refractivity contribution in [2.75, 3.05) is 26.2 Å². The standard InChI is InChI=1S/C17H26F2N2O/c1-17(2,3)22-14-6-4-13(5-7-14)15(12-16(18)19)21-10-8-20-9-11-21/h4-7,15-16,20H,8-12H2,1-3H3/t15-/m1/s1. The smallest absolute Gasteiger partial charge is 0.240 e. The van der Waals surface area contributed by atoms with E-state index in [9.17, 15) is 8.78 Å². The van der Waals surface area contributed by atoms with E-state index in [4.69, 9.17) is 4.74 Å². The van der Waals surface area contributed by atoms with E-state index in [0.29, 0.717) is 0 Å². The summed E-state index contributed by atoms with van der Waals surface area (Å²) in [6.07, 6.45) is -2.43. The van der Waals surface area contributed by atoms with Crippen molar-refractivity contribution in [2.24, 2.45) is 0 Å². The second-order valence-corrected chi connectivity index (χ2v) is 6.71. The van der Waals surface area contributed by atoms with E-state index < -0.39 is 6.43 Å². The molecule has 0 unspecified atom stereocenters. The predicted molar refractivity (Wildman–Crippen MR) is 84.6 cm³/mol. The van der Waals surface area contributed by atoms with Crippen LogP contribution in [0.3, 0.4) is 0 Å². The lowest BCUT2D eigenvalue weighted by molar-refractivity contribution is 0.0738. The van der Waals surface area contributed by atoms with Gasteiger partial charge in [-0.2, -0.15) is 0 Å². The highest BCUT2D eigenvalue weighted by Gasteiger charge is 2.25. The van der Waals surface area contributed by atoms with Crippen LogP contribution in [0.25, 0.3) is 0 Å². The van der Waals surface area contributed by atoms with Crippen LogP contribution in [0.4, 0.5) is 8.78 Å². The molecule has 1 saturated heterocycles. The quantitative estimate of drug-likeness (QED) is 0.901. The minimum absolute atomic E-state index is 0.126. The normalized spacial score (nSPS) is 18.5. The molecule has 1 aromatic carbocycles. The van der Waals surface area contributed by atoms with Crippen LogP contribution >= 0.6 is 0 Å². The van der Waals surface area contributed by atoms with E-state index in [2.05, 4.69) is 10.2 Å². The minimum atomic E-state index is -2.30. The Bertz CT molecular complexity index is 451. The Hall–Kier alpha value is -1.20. The fraction of sp³-hybridized carbons (Fsp3) is 0.647. The molecule has 5 heteroatoms. The largest absolute Gasteiger partial charge is 0.488 e. The number of rotatable bonds is 5. The third kappa shape index (κ3) is 5.21. The molecule has 1 N–H and O–H groups in total. The van der Waals surface area contributed by atoms with Crippen LogP contribution in [0, 0.1) is 0 Å². The van der Waals surface area contributed by atoms with Crippen molar-refractivity contribution in [3.63, 3.8) is 0 Å². The maximum absolute atomic E-state index is 13.0. The molecule has 1 aliphatic heterocycles. The first-order chi connectivity index (χ1) is 10.3. The number of benzene rings is 1. The summed E-state index contributed by atoms with van der Waals surface area (Å²) in [5.74, 6) is 0.771. The summed E-state index contributed by atoms with van der Waals surface area (Å²) >= 11 is 0. The predicted octanol–water partition coefficient (Wildman–Crippen LogP) is 3.47. The monoisotopic (exact) mass is 312 g/mol. The molecule has 0 bridgehead atoms. The fourth-order valence-corrected chi connectivity index (χ4v) is 2.77. The molecule has 1 aliphatic rings. The van der Waals surface area contributed by atoms with Crippen LogP contribution in [0.5, 0.6) is 5.75 Å². The summed E-state index contributed by atoms with van der Waals surface area (Å²) in [6, 6.07) is 7.35. The second kappa shape index (κ2) is 7.38. The topological polar surface area (TPSA) is 24.5 Å². The number of ether oxygens (including phenoxy) is 1. The molecule has 0 aromatic heterocycles. The zero-order valence-electron chi connectivity index (χ0n) is 13.6. The Labute approximate surface area is 131 Å². The lowest BCUT2D eigenvalue weighted by Crippen LogP contribution is -2.45.